The highest BCUT2D eigenvalue weighted by Crippen LogP contribution is 2.38. The quantitative estimate of drug-likeness (QED) is 0.293. The van der Waals surface area contributed by atoms with Crippen LogP contribution in [-0.4, -0.2) is 30.7 Å². The summed E-state index contributed by atoms with van der Waals surface area (Å²) in [5.74, 6) is -0.990. The van der Waals surface area contributed by atoms with Crippen molar-refractivity contribution >= 4 is 37.3 Å². The molecule has 0 amide bonds. The van der Waals surface area contributed by atoms with Crippen molar-refractivity contribution in [1.29, 1.82) is 0 Å². The van der Waals surface area contributed by atoms with Crippen molar-refractivity contribution in [2.45, 2.75) is 4.90 Å². The summed E-state index contributed by atoms with van der Waals surface area (Å²) in [6.45, 7) is 0. The standard InChI is InChI=1S/C24H16F2N4O4S2/c1-33-21-12-16(34-22-11-15(25)2-7-20(22)26)3-5-19(21)23-18-6-4-17(10-14(18)8-9-27-23)36(31,32)30-24-29-28-13-35-24/h2-13H,1H3,(H,29,30). The van der Waals surface area contributed by atoms with Crippen LogP contribution in [0.4, 0.5) is 13.9 Å². The fourth-order valence-electron chi connectivity index (χ4n) is 3.54. The Balaban J connectivity index is 1.51. The summed E-state index contributed by atoms with van der Waals surface area (Å²) in [5, 5.41) is 8.80. The number of aromatic nitrogens is 3. The van der Waals surface area contributed by atoms with Gasteiger partial charge in [-0.3, -0.25) is 9.71 Å². The SMILES string of the molecule is COc1cc(Oc2cc(F)ccc2F)ccc1-c1nccc2cc(S(=O)(=O)Nc3nncs3)ccc12. The molecule has 3 aromatic carbocycles. The molecule has 0 aliphatic rings. The lowest BCUT2D eigenvalue weighted by Gasteiger charge is -2.14. The van der Waals surface area contributed by atoms with Crippen molar-refractivity contribution in [3.8, 4) is 28.5 Å². The van der Waals surface area contributed by atoms with Crippen molar-refractivity contribution in [2.24, 2.45) is 0 Å². The summed E-state index contributed by atoms with van der Waals surface area (Å²) in [6.07, 6.45) is 1.55. The predicted molar refractivity (Wildman–Crippen MR) is 131 cm³/mol. The van der Waals surface area contributed by atoms with Gasteiger partial charge in [-0.1, -0.05) is 17.4 Å². The largest absolute Gasteiger partial charge is 0.496 e. The van der Waals surface area contributed by atoms with Gasteiger partial charge >= 0.3 is 0 Å². The molecule has 182 valence electrons. The number of nitrogens with one attached hydrogen (secondary N) is 1. The van der Waals surface area contributed by atoms with E-state index in [1.165, 1.54) is 30.8 Å². The second kappa shape index (κ2) is 9.47. The van der Waals surface area contributed by atoms with Crippen molar-refractivity contribution in [3.63, 3.8) is 0 Å². The van der Waals surface area contributed by atoms with Crippen LogP contribution in [-0.2, 0) is 10.0 Å². The van der Waals surface area contributed by atoms with Crippen LogP contribution in [0.2, 0.25) is 0 Å². The highest BCUT2D eigenvalue weighted by atomic mass is 32.2. The third-order valence-corrected chi connectivity index (χ3v) is 7.25. The van der Waals surface area contributed by atoms with E-state index in [0.29, 0.717) is 27.8 Å². The first-order valence-electron chi connectivity index (χ1n) is 10.3. The van der Waals surface area contributed by atoms with Gasteiger partial charge in [0.2, 0.25) is 5.13 Å². The summed E-state index contributed by atoms with van der Waals surface area (Å²) in [5.41, 5.74) is 2.56. The van der Waals surface area contributed by atoms with Crippen LogP contribution < -0.4 is 14.2 Å². The summed E-state index contributed by atoms with van der Waals surface area (Å²) in [6, 6.07) is 14.1. The average Bonchev–Trinajstić information content (AvgIpc) is 3.38. The van der Waals surface area contributed by atoms with E-state index < -0.39 is 21.7 Å². The van der Waals surface area contributed by atoms with Gasteiger partial charge in [0.05, 0.1) is 17.7 Å². The summed E-state index contributed by atoms with van der Waals surface area (Å²) < 4.78 is 66.4. The Morgan fingerprint density at radius 3 is 2.61 bits per heavy atom. The minimum Gasteiger partial charge on any atom is -0.496 e. The molecule has 0 saturated carbocycles. The van der Waals surface area contributed by atoms with Gasteiger partial charge in [0, 0.05) is 29.3 Å². The Kier molecular flexibility index (Phi) is 6.20. The Labute approximate surface area is 208 Å². The number of ether oxygens (including phenoxy) is 2. The minimum atomic E-state index is -3.87. The number of halogens is 2. The van der Waals surface area contributed by atoms with Crippen LogP contribution in [0.15, 0.2) is 77.3 Å². The maximum absolute atomic E-state index is 14.0. The lowest BCUT2D eigenvalue weighted by molar-refractivity contribution is 0.405. The van der Waals surface area contributed by atoms with Crippen molar-refractivity contribution in [2.75, 3.05) is 11.8 Å². The van der Waals surface area contributed by atoms with E-state index in [1.54, 1.807) is 30.5 Å². The van der Waals surface area contributed by atoms with Gasteiger partial charge in [0.15, 0.2) is 11.6 Å². The van der Waals surface area contributed by atoms with E-state index in [0.717, 1.165) is 29.5 Å². The van der Waals surface area contributed by atoms with E-state index >= 15 is 0 Å². The molecule has 0 aliphatic carbocycles. The molecule has 12 heteroatoms. The first-order chi connectivity index (χ1) is 17.3. The third-order valence-electron chi connectivity index (χ3n) is 5.18. The second-order valence-corrected chi connectivity index (χ2v) is 9.95. The molecule has 1 N–H and O–H groups in total. The van der Waals surface area contributed by atoms with Crippen LogP contribution >= 0.6 is 11.3 Å². The predicted octanol–water partition coefficient (Wildman–Crippen LogP) is 5.63. The summed E-state index contributed by atoms with van der Waals surface area (Å²) in [4.78, 5) is 4.52. The fourth-order valence-corrected chi connectivity index (χ4v) is 5.27. The van der Waals surface area contributed by atoms with Gasteiger partial charge in [-0.25, -0.2) is 17.2 Å². The normalized spacial score (nSPS) is 11.4. The number of sulfonamides is 1. The molecule has 8 nitrogen and oxygen atoms in total. The van der Waals surface area contributed by atoms with Gasteiger partial charge in [0.25, 0.3) is 10.0 Å². The zero-order chi connectivity index (χ0) is 25.3. The van der Waals surface area contributed by atoms with Crippen LogP contribution in [0.25, 0.3) is 22.0 Å². The first kappa shape index (κ1) is 23.6. The average molecular weight is 527 g/mol. The van der Waals surface area contributed by atoms with E-state index in [-0.39, 0.29) is 21.5 Å². The molecule has 2 aromatic heterocycles. The fraction of sp³-hybridized carbons (Fsp3) is 0.0417. The Morgan fingerprint density at radius 2 is 1.83 bits per heavy atom. The van der Waals surface area contributed by atoms with E-state index in [2.05, 4.69) is 19.9 Å². The van der Waals surface area contributed by atoms with E-state index in [4.69, 9.17) is 9.47 Å². The summed E-state index contributed by atoms with van der Waals surface area (Å²) >= 11 is 1.07. The second-order valence-electron chi connectivity index (χ2n) is 7.43. The van der Waals surface area contributed by atoms with Gasteiger partial charge < -0.3 is 9.47 Å². The Bertz CT molecular complexity index is 1680. The van der Waals surface area contributed by atoms with Crippen molar-refractivity contribution < 1.29 is 26.7 Å². The number of rotatable bonds is 7. The molecular weight excluding hydrogens is 510 g/mol. The zero-order valence-corrected chi connectivity index (χ0v) is 20.1. The van der Waals surface area contributed by atoms with E-state index in [1.807, 2.05) is 0 Å². The number of methoxy groups -OCH3 is 1. The van der Waals surface area contributed by atoms with Gasteiger partial charge in [-0.2, -0.15) is 0 Å². The number of fused-ring (bicyclic) bond motifs is 1. The smallest absolute Gasteiger partial charge is 0.263 e. The molecule has 0 unspecified atom stereocenters. The lowest BCUT2D eigenvalue weighted by Crippen LogP contribution is -2.12. The maximum atomic E-state index is 14.0. The molecule has 0 bridgehead atoms. The van der Waals surface area contributed by atoms with Crippen LogP contribution in [0.5, 0.6) is 17.2 Å². The van der Waals surface area contributed by atoms with Gasteiger partial charge in [-0.15, -0.1) is 10.2 Å². The van der Waals surface area contributed by atoms with Gasteiger partial charge in [-0.05, 0) is 47.9 Å². The minimum absolute atomic E-state index is 0.0511. The number of nitrogens with zero attached hydrogens (tertiary/aromatic N) is 3. The van der Waals surface area contributed by atoms with Crippen molar-refractivity contribution in [3.05, 3.63) is 84.0 Å². The van der Waals surface area contributed by atoms with Gasteiger partial charge in [0.1, 0.15) is 22.8 Å². The number of hydrogen-bond acceptors (Lipinski definition) is 8. The van der Waals surface area contributed by atoms with Crippen molar-refractivity contribution in [1.82, 2.24) is 15.2 Å². The molecule has 5 aromatic rings. The molecule has 36 heavy (non-hydrogen) atoms. The topological polar surface area (TPSA) is 103 Å². The molecule has 0 radical (unpaired) electrons. The van der Waals surface area contributed by atoms with E-state index in [9.17, 15) is 17.2 Å². The number of hydrogen-bond donors (Lipinski definition) is 1. The molecule has 0 saturated heterocycles. The highest BCUT2D eigenvalue weighted by molar-refractivity contribution is 7.93. The van der Waals surface area contributed by atoms with Crippen LogP contribution in [0.3, 0.4) is 0 Å². The Hall–Kier alpha value is -4.16. The molecule has 0 atom stereocenters. The number of benzene rings is 3. The molecular formula is C24H16F2N4O4S2. The maximum Gasteiger partial charge on any atom is 0.263 e. The monoisotopic (exact) mass is 526 g/mol. The molecule has 0 fully saturated rings. The number of pyridine rings is 1. The Morgan fingerprint density at radius 1 is 0.972 bits per heavy atom. The first-order valence-corrected chi connectivity index (χ1v) is 12.7. The molecule has 0 aliphatic heterocycles. The third kappa shape index (κ3) is 4.68. The molecule has 2 heterocycles. The lowest BCUT2D eigenvalue weighted by atomic mass is 10.0. The van der Waals surface area contributed by atoms with Crippen LogP contribution in [0, 0.1) is 11.6 Å². The highest BCUT2D eigenvalue weighted by Gasteiger charge is 2.19. The van der Waals surface area contributed by atoms with Crippen LogP contribution in [0.1, 0.15) is 0 Å². The summed E-state index contributed by atoms with van der Waals surface area (Å²) in [7, 11) is -2.41. The zero-order valence-electron chi connectivity index (χ0n) is 18.5. The molecule has 5 rings (SSSR count). The molecule has 0 spiro atoms. The number of anilines is 1.